The first kappa shape index (κ1) is 15.4. The first-order chi connectivity index (χ1) is 9.36. The Labute approximate surface area is 119 Å². The second-order valence-electron chi connectivity index (χ2n) is 5.12. The van der Waals surface area contributed by atoms with Crippen LogP contribution in [0.4, 0.5) is 4.39 Å². The summed E-state index contributed by atoms with van der Waals surface area (Å²) in [5.74, 6) is -0.292. The van der Waals surface area contributed by atoms with Crippen molar-refractivity contribution in [2.24, 2.45) is 5.73 Å². The molecule has 1 fully saturated rings. The Morgan fingerprint density at radius 2 is 1.95 bits per heavy atom. The van der Waals surface area contributed by atoms with Gasteiger partial charge in [0.15, 0.2) is 0 Å². The van der Waals surface area contributed by atoms with E-state index in [0.717, 1.165) is 5.56 Å². The maximum atomic E-state index is 13.1. The second kappa shape index (κ2) is 6.17. The first-order valence-corrected chi connectivity index (χ1v) is 8.39. The zero-order valence-corrected chi connectivity index (χ0v) is 12.3. The standard InChI is InChI=1S/C13H20FN3O2S/c1-20(18,19)17-7-5-16(6-8-17)10-13(15)11-3-2-4-12(14)9-11/h2-4,9,13H,5-8,10,15H2,1H3. The number of benzene rings is 1. The fourth-order valence-electron chi connectivity index (χ4n) is 2.36. The molecule has 1 aliphatic heterocycles. The number of hydrogen-bond donors (Lipinski definition) is 1. The number of halogens is 1. The smallest absolute Gasteiger partial charge is 0.211 e. The van der Waals surface area contributed by atoms with E-state index in [9.17, 15) is 12.8 Å². The van der Waals surface area contributed by atoms with Gasteiger partial charge in [-0.3, -0.25) is 4.90 Å². The van der Waals surface area contributed by atoms with E-state index in [1.807, 2.05) is 0 Å². The Hall–Kier alpha value is -1.02. The van der Waals surface area contributed by atoms with Crippen LogP contribution in [0.25, 0.3) is 0 Å². The Balaban J connectivity index is 1.89. The van der Waals surface area contributed by atoms with E-state index in [0.29, 0.717) is 32.7 Å². The topological polar surface area (TPSA) is 66.6 Å². The molecule has 0 spiro atoms. The molecule has 1 aliphatic rings. The predicted octanol–water partition coefficient (Wildman–Crippen LogP) is 0.403. The Bertz CT molecular complexity index is 556. The molecule has 0 aromatic heterocycles. The van der Waals surface area contributed by atoms with Gasteiger partial charge in [-0.2, -0.15) is 4.31 Å². The van der Waals surface area contributed by atoms with Crippen LogP contribution in [0, 0.1) is 5.82 Å². The first-order valence-electron chi connectivity index (χ1n) is 6.55. The monoisotopic (exact) mass is 301 g/mol. The molecule has 0 radical (unpaired) electrons. The minimum absolute atomic E-state index is 0.268. The quantitative estimate of drug-likeness (QED) is 0.874. The molecule has 0 saturated carbocycles. The lowest BCUT2D eigenvalue weighted by Gasteiger charge is -2.34. The van der Waals surface area contributed by atoms with Gasteiger partial charge in [-0.25, -0.2) is 12.8 Å². The number of piperazine rings is 1. The zero-order chi connectivity index (χ0) is 14.8. The molecule has 1 heterocycles. The Morgan fingerprint density at radius 3 is 2.50 bits per heavy atom. The summed E-state index contributed by atoms with van der Waals surface area (Å²) in [6.07, 6.45) is 1.22. The lowest BCUT2D eigenvalue weighted by molar-refractivity contribution is 0.180. The summed E-state index contributed by atoms with van der Waals surface area (Å²) in [5.41, 5.74) is 6.83. The molecular formula is C13H20FN3O2S. The molecule has 1 unspecified atom stereocenters. The summed E-state index contributed by atoms with van der Waals surface area (Å²) < 4.78 is 37.4. The molecule has 1 aromatic carbocycles. The van der Waals surface area contributed by atoms with Gasteiger partial charge < -0.3 is 5.73 Å². The van der Waals surface area contributed by atoms with Crippen LogP contribution < -0.4 is 5.73 Å². The molecule has 0 aliphatic carbocycles. The predicted molar refractivity (Wildman–Crippen MR) is 76.2 cm³/mol. The maximum Gasteiger partial charge on any atom is 0.211 e. The molecule has 2 N–H and O–H groups in total. The average Bonchev–Trinajstić information content (AvgIpc) is 2.38. The van der Waals surface area contributed by atoms with E-state index < -0.39 is 10.0 Å². The number of hydrogen-bond acceptors (Lipinski definition) is 4. The van der Waals surface area contributed by atoms with E-state index in [2.05, 4.69) is 4.90 Å². The van der Waals surface area contributed by atoms with Gasteiger partial charge in [0.2, 0.25) is 10.0 Å². The highest BCUT2D eigenvalue weighted by Crippen LogP contribution is 2.15. The highest BCUT2D eigenvalue weighted by Gasteiger charge is 2.24. The largest absolute Gasteiger partial charge is 0.323 e. The van der Waals surface area contributed by atoms with Crippen molar-refractivity contribution in [3.63, 3.8) is 0 Å². The van der Waals surface area contributed by atoms with Crippen molar-refractivity contribution >= 4 is 10.0 Å². The van der Waals surface area contributed by atoms with Gasteiger partial charge in [-0.05, 0) is 17.7 Å². The Morgan fingerprint density at radius 1 is 1.30 bits per heavy atom. The fraction of sp³-hybridized carbons (Fsp3) is 0.538. The SMILES string of the molecule is CS(=O)(=O)N1CCN(CC(N)c2cccc(F)c2)CC1. The molecule has 2 rings (SSSR count). The van der Waals surface area contributed by atoms with Gasteiger partial charge in [0.25, 0.3) is 0 Å². The third kappa shape index (κ3) is 3.99. The molecule has 0 amide bonds. The van der Waals surface area contributed by atoms with Crippen LogP contribution >= 0.6 is 0 Å². The molecule has 1 saturated heterocycles. The van der Waals surface area contributed by atoms with Crippen LogP contribution in [0.5, 0.6) is 0 Å². The van der Waals surface area contributed by atoms with E-state index in [1.54, 1.807) is 12.1 Å². The number of rotatable bonds is 4. The summed E-state index contributed by atoms with van der Waals surface area (Å²) in [4.78, 5) is 2.11. The van der Waals surface area contributed by atoms with Crippen LogP contribution in [0.2, 0.25) is 0 Å². The lowest BCUT2D eigenvalue weighted by atomic mass is 10.1. The van der Waals surface area contributed by atoms with Crippen molar-refractivity contribution in [3.05, 3.63) is 35.6 Å². The third-order valence-corrected chi connectivity index (χ3v) is 4.84. The molecular weight excluding hydrogens is 281 g/mol. The number of nitrogens with two attached hydrogens (primary N) is 1. The molecule has 5 nitrogen and oxygen atoms in total. The van der Waals surface area contributed by atoms with E-state index in [-0.39, 0.29) is 11.9 Å². The average molecular weight is 301 g/mol. The normalized spacial score (nSPS) is 19.9. The van der Waals surface area contributed by atoms with Crippen LogP contribution in [0.1, 0.15) is 11.6 Å². The van der Waals surface area contributed by atoms with Gasteiger partial charge >= 0.3 is 0 Å². The van der Waals surface area contributed by atoms with Crippen molar-refractivity contribution in [2.45, 2.75) is 6.04 Å². The molecule has 112 valence electrons. The van der Waals surface area contributed by atoms with Crippen LogP contribution in [-0.2, 0) is 10.0 Å². The van der Waals surface area contributed by atoms with Crippen molar-refractivity contribution in [1.82, 2.24) is 9.21 Å². The maximum absolute atomic E-state index is 13.1. The molecule has 0 bridgehead atoms. The van der Waals surface area contributed by atoms with Crippen LogP contribution in [0.15, 0.2) is 24.3 Å². The van der Waals surface area contributed by atoms with E-state index in [4.69, 9.17) is 5.73 Å². The fourth-order valence-corrected chi connectivity index (χ4v) is 3.19. The van der Waals surface area contributed by atoms with Gasteiger partial charge in [0, 0.05) is 38.8 Å². The van der Waals surface area contributed by atoms with Crippen LogP contribution in [-0.4, -0.2) is 56.6 Å². The summed E-state index contributed by atoms with van der Waals surface area (Å²) in [6, 6.07) is 6.01. The molecule has 1 atom stereocenters. The van der Waals surface area contributed by atoms with Crippen molar-refractivity contribution in [3.8, 4) is 0 Å². The van der Waals surface area contributed by atoms with Crippen molar-refractivity contribution in [1.29, 1.82) is 0 Å². The van der Waals surface area contributed by atoms with Gasteiger partial charge in [0.1, 0.15) is 5.82 Å². The van der Waals surface area contributed by atoms with Gasteiger partial charge in [-0.1, -0.05) is 12.1 Å². The lowest BCUT2D eigenvalue weighted by Crippen LogP contribution is -2.49. The molecule has 7 heteroatoms. The zero-order valence-electron chi connectivity index (χ0n) is 11.5. The van der Waals surface area contributed by atoms with Gasteiger partial charge in [0.05, 0.1) is 6.26 Å². The summed E-state index contributed by atoms with van der Waals surface area (Å²) in [5, 5.41) is 0. The Kier molecular flexibility index (Phi) is 4.74. The molecule has 20 heavy (non-hydrogen) atoms. The summed E-state index contributed by atoms with van der Waals surface area (Å²) >= 11 is 0. The third-order valence-electron chi connectivity index (χ3n) is 3.53. The van der Waals surface area contributed by atoms with Gasteiger partial charge in [-0.15, -0.1) is 0 Å². The second-order valence-corrected chi connectivity index (χ2v) is 7.11. The van der Waals surface area contributed by atoms with Crippen LogP contribution in [0.3, 0.4) is 0 Å². The number of nitrogens with zero attached hydrogens (tertiary/aromatic N) is 2. The number of sulfonamides is 1. The van der Waals surface area contributed by atoms with E-state index in [1.165, 1.54) is 22.7 Å². The van der Waals surface area contributed by atoms with Crippen molar-refractivity contribution in [2.75, 3.05) is 39.0 Å². The van der Waals surface area contributed by atoms with E-state index >= 15 is 0 Å². The summed E-state index contributed by atoms with van der Waals surface area (Å²) in [7, 11) is -3.11. The highest BCUT2D eigenvalue weighted by molar-refractivity contribution is 7.88. The molecule has 1 aromatic rings. The summed E-state index contributed by atoms with van der Waals surface area (Å²) in [6.45, 7) is 2.86. The minimum Gasteiger partial charge on any atom is -0.323 e. The highest BCUT2D eigenvalue weighted by atomic mass is 32.2. The van der Waals surface area contributed by atoms with Crippen molar-refractivity contribution < 1.29 is 12.8 Å². The minimum atomic E-state index is -3.11.